The predicted octanol–water partition coefficient (Wildman–Crippen LogP) is 3.61. The van der Waals surface area contributed by atoms with Crippen LogP contribution in [0.25, 0.3) is 0 Å². The highest BCUT2D eigenvalue weighted by Crippen LogP contribution is 2.39. The second-order valence-corrected chi connectivity index (χ2v) is 6.88. The van der Waals surface area contributed by atoms with E-state index in [0.29, 0.717) is 12.0 Å². The van der Waals surface area contributed by atoms with Gasteiger partial charge in [0.1, 0.15) is 5.82 Å². The average molecular weight is 310 g/mol. The van der Waals surface area contributed by atoms with Crippen molar-refractivity contribution >= 4 is 0 Å². The standard InChI is InChI=1S/C20H23FN2/c21-18-8-6-16(7-9-18)20-19-14-23(13-17(19)10-11-22-20)12-15-4-2-1-3-5-15/h1-9,17,19-20,22H,10-14H2/t17-,19?,20?/m1/s1. The molecule has 2 aliphatic rings. The summed E-state index contributed by atoms with van der Waals surface area (Å²) in [4.78, 5) is 2.58. The van der Waals surface area contributed by atoms with Crippen molar-refractivity contribution in [3.05, 3.63) is 71.5 Å². The van der Waals surface area contributed by atoms with Crippen molar-refractivity contribution in [1.82, 2.24) is 10.2 Å². The van der Waals surface area contributed by atoms with Crippen LogP contribution in [0.1, 0.15) is 23.6 Å². The molecule has 3 atom stereocenters. The Hall–Kier alpha value is -1.71. The van der Waals surface area contributed by atoms with Crippen LogP contribution in [0.15, 0.2) is 54.6 Å². The predicted molar refractivity (Wildman–Crippen MR) is 90.5 cm³/mol. The molecule has 0 bridgehead atoms. The van der Waals surface area contributed by atoms with Crippen molar-refractivity contribution in [3.63, 3.8) is 0 Å². The first kappa shape index (κ1) is 14.9. The highest BCUT2D eigenvalue weighted by atomic mass is 19.1. The maximum atomic E-state index is 13.2. The van der Waals surface area contributed by atoms with Crippen molar-refractivity contribution in [2.75, 3.05) is 19.6 Å². The van der Waals surface area contributed by atoms with Gasteiger partial charge >= 0.3 is 0 Å². The first-order valence-electron chi connectivity index (χ1n) is 8.55. The number of halogens is 1. The van der Waals surface area contributed by atoms with Crippen LogP contribution >= 0.6 is 0 Å². The van der Waals surface area contributed by atoms with Crippen LogP contribution in [0, 0.1) is 17.7 Å². The minimum atomic E-state index is -0.154. The third-order valence-corrected chi connectivity index (χ3v) is 5.35. The molecule has 23 heavy (non-hydrogen) atoms. The third kappa shape index (κ3) is 3.17. The Labute approximate surface area is 137 Å². The van der Waals surface area contributed by atoms with Gasteiger partial charge in [0.2, 0.25) is 0 Å². The van der Waals surface area contributed by atoms with Gasteiger partial charge in [-0.25, -0.2) is 4.39 Å². The molecule has 0 saturated carbocycles. The largest absolute Gasteiger partial charge is 0.310 e. The molecule has 0 spiro atoms. The van der Waals surface area contributed by atoms with Crippen LogP contribution in [-0.2, 0) is 6.54 Å². The maximum Gasteiger partial charge on any atom is 0.123 e. The van der Waals surface area contributed by atoms with Gasteiger partial charge in [0.25, 0.3) is 0 Å². The summed E-state index contributed by atoms with van der Waals surface area (Å²) in [5, 5.41) is 3.66. The van der Waals surface area contributed by atoms with E-state index in [-0.39, 0.29) is 5.82 Å². The molecule has 2 nitrogen and oxygen atoms in total. The Morgan fingerprint density at radius 3 is 2.57 bits per heavy atom. The Balaban J connectivity index is 1.49. The van der Waals surface area contributed by atoms with E-state index in [9.17, 15) is 4.39 Å². The number of hydrogen-bond donors (Lipinski definition) is 1. The fourth-order valence-electron chi connectivity index (χ4n) is 4.25. The monoisotopic (exact) mass is 310 g/mol. The molecular weight excluding hydrogens is 287 g/mol. The van der Waals surface area contributed by atoms with Crippen LogP contribution in [-0.4, -0.2) is 24.5 Å². The highest BCUT2D eigenvalue weighted by Gasteiger charge is 2.40. The van der Waals surface area contributed by atoms with Crippen LogP contribution in [0.4, 0.5) is 4.39 Å². The SMILES string of the molecule is Fc1ccc(C2NCC[C@@H]3CN(Cc4ccccc4)CC23)cc1. The number of nitrogens with one attached hydrogen (secondary N) is 1. The summed E-state index contributed by atoms with van der Waals surface area (Å²) in [6.45, 7) is 4.39. The number of likely N-dealkylation sites (tertiary alicyclic amines) is 1. The van der Waals surface area contributed by atoms with Crippen molar-refractivity contribution < 1.29 is 4.39 Å². The zero-order chi connectivity index (χ0) is 15.6. The van der Waals surface area contributed by atoms with E-state index in [1.165, 1.54) is 24.1 Å². The smallest absolute Gasteiger partial charge is 0.123 e. The number of benzene rings is 2. The van der Waals surface area contributed by atoms with Gasteiger partial charge in [-0.2, -0.15) is 0 Å². The van der Waals surface area contributed by atoms with E-state index in [2.05, 4.69) is 40.5 Å². The lowest BCUT2D eigenvalue weighted by Crippen LogP contribution is -2.39. The molecule has 2 heterocycles. The molecule has 0 aromatic heterocycles. The maximum absolute atomic E-state index is 13.2. The average Bonchev–Trinajstić information content (AvgIpc) is 2.99. The first-order chi connectivity index (χ1) is 11.3. The van der Waals surface area contributed by atoms with Crippen molar-refractivity contribution in [2.45, 2.75) is 19.0 Å². The lowest BCUT2D eigenvalue weighted by Gasteiger charge is -2.34. The van der Waals surface area contributed by atoms with Crippen molar-refractivity contribution in [2.24, 2.45) is 11.8 Å². The molecule has 120 valence electrons. The molecular formula is C20H23FN2. The van der Waals surface area contributed by atoms with Gasteiger partial charge < -0.3 is 5.32 Å². The van der Waals surface area contributed by atoms with E-state index < -0.39 is 0 Å². The molecule has 3 heteroatoms. The topological polar surface area (TPSA) is 15.3 Å². The molecule has 2 fully saturated rings. The van der Waals surface area contributed by atoms with Gasteiger partial charge in [0.05, 0.1) is 0 Å². The summed E-state index contributed by atoms with van der Waals surface area (Å²) in [5.41, 5.74) is 2.61. The van der Waals surface area contributed by atoms with Gasteiger partial charge in [-0.05, 0) is 48.1 Å². The van der Waals surface area contributed by atoms with Crippen molar-refractivity contribution in [1.29, 1.82) is 0 Å². The molecule has 0 amide bonds. The fraction of sp³-hybridized carbons (Fsp3) is 0.400. The number of rotatable bonds is 3. The zero-order valence-corrected chi connectivity index (χ0v) is 13.3. The quantitative estimate of drug-likeness (QED) is 0.932. The Bertz CT molecular complexity index is 640. The number of piperidine rings is 1. The highest BCUT2D eigenvalue weighted by molar-refractivity contribution is 5.23. The lowest BCUT2D eigenvalue weighted by molar-refractivity contribution is 0.239. The minimum Gasteiger partial charge on any atom is -0.310 e. The summed E-state index contributed by atoms with van der Waals surface area (Å²) in [7, 11) is 0. The number of hydrogen-bond acceptors (Lipinski definition) is 2. The summed E-state index contributed by atoms with van der Waals surface area (Å²) < 4.78 is 13.2. The van der Waals surface area contributed by atoms with Crippen molar-refractivity contribution in [3.8, 4) is 0 Å². The molecule has 1 N–H and O–H groups in total. The van der Waals surface area contributed by atoms with E-state index in [1.54, 1.807) is 12.1 Å². The summed E-state index contributed by atoms with van der Waals surface area (Å²) >= 11 is 0. The third-order valence-electron chi connectivity index (χ3n) is 5.35. The van der Waals surface area contributed by atoms with Crippen LogP contribution in [0.2, 0.25) is 0 Å². The normalized spacial score (nSPS) is 27.8. The Morgan fingerprint density at radius 1 is 1.00 bits per heavy atom. The number of fused-ring (bicyclic) bond motifs is 1. The van der Waals surface area contributed by atoms with E-state index in [4.69, 9.17) is 0 Å². The molecule has 0 radical (unpaired) electrons. The minimum absolute atomic E-state index is 0.154. The van der Waals surface area contributed by atoms with Gasteiger partial charge in [0.15, 0.2) is 0 Å². The molecule has 2 aromatic rings. The van der Waals surface area contributed by atoms with Crippen LogP contribution in [0.5, 0.6) is 0 Å². The van der Waals surface area contributed by atoms with E-state index in [0.717, 1.165) is 25.6 Å². The van der Waals surface area contributed by atoms with E-state index in [1.807, 2.05) is 12.1 Å². The summed E-state index contributed by atoms with van der Waals surface area (Å²) in [5.74, 6) is 1.21. The van der Waals surface area contributed by atoms with Gasteiger partial charge in [-0.15, -0.1) is 0 Å². The molecule has 2 saturated heterocycles. The van der Waals surface area contributed by atoms with Crippen LogP contribution in [0.3, 0.4) is 0 Å². The Kier molecular flexibility index (Phi) is 4.15. The fourth-order valence-corrected chi connectivity index (χ4v) is 4.25. The van der Waals surface area contributed by atoms with Gasteiger partial charge in [0, 0.05) is 25.7 Å². The van der Waals surface area contributed by atoms with E-state index >= 15 is 0 Å². The van der Waals surface area contributed by atoms with Gasteiger partial charge in [-0.1, -0.05) is 42.5 Å². The zero-order valence-electron chi connectivity index (χ0n) is 13.3. The Morgan fingerprint density at radius 2 is 1.78 bits per heavy atom. The van der Waals surface area contributed by atoms with Gasteiger partial charge in [-0.3, -0.25) is 4.90 Å². The lowest BCUT2D eigenvalue weighted by atomic mass is 9.80. The molecule has 2 unspecified atom stereocenters. The molecule has 0 aliphatic carbocycles. The molecule has 2 aromatic carbocycles. The second-order valence-electron chi connectivity index (χ2n) is 6.88. The summed E-state index contributed by atoms with van der Waals surface area (Å²) in [6, 6.07) is 18.1. The molecule has 4 rings (SSSR count). The second kappa shape index (κ2) is 6.42. The first-order valence-corrected chi connectivity index (χ1v) is 8.55. The summed E-state index contributed by atoms with van der Waals surface area (Å²) in [6.07, 6.45) is 1.24. The van der Waals surface area contributed by atoms with Crippen LogP contribution < -0.4 is 5.32 Å². The molecule has 2 aliphatic heterocycles. The number of nitrogens with zero attached hydrogens (tertiary/aromatic N) is 1.